The summed E-state index contributed by atoms with van der Waals surface area (Å²) in [4.78, 5) is 25.5. The number of fused-ring (bicyclic) bond motifs is 2. The molecule has 3 rings (SSSR count). The van der Waals surface area contributed by atoms with Crippen molar-refractivity contribution in [3.8, 4) is 0 Å². The Morgan fingerprint density at radius 3 is 2.95 bits per heavy atom. The molecule has 0 saturated carbocycles. The Hall–Kier alpha value is -1.48. The van der Waals surface area contributed by atoms with Gasteiger partial charge in [0.15, 0.2) is 6.23 Å². The maximum atomic E-state index is 11.9. The van der Waals surface area contributed by atoms with E-state index in [4.69, 9.17) is 14.2 Å². The summed E-state index contributed by atoms with van der Waals surface area (Å²) in [6.45, 7) is 1.54. The van der Waals surface area contributed by atoms with Gasteiger partial charge in [-0.15, -0.1) is 0 Å². The minimum Gasteiger partial charge on any atom is -0.393 e. The summed E-state index contributed by atoms with van der Waals surface area (Å²) < 4.78 is 18.0. The van der Waals surface area contributed by atoms with Crippen LogP contribution in [0.15, 0.2) is 15.8 Å². The summed E-state index contributed by atoms with van der Waals surface area (Å²) in [5.74, 6) is 0. The second kappa shape index (κ2) is 4.52. The Bertz CT molecular complexity index is 638. The van der Waals surface area contributed by atoms with Gasteiger partial charge in [0.1, 0.15) is 17.8 Å². The molecule has 2 aliphatic rings. The molecule has 2 bridgehead atoms. The van der Waals surface area contributed by atoms with E-state index in [1.165, 1.54) is 17.9 Å². The number of H-pyrrole nitrogens is 1. The lowest BCUT2D eigenvalue weighted by Gasteiger charge is -2.29. The molecule has 2 saturated heterocycles. The van der Waals surface area contributed by atoms with Crippen molar-refractivity contribution < 1.29 is 19.3 Å². The van der Waals surface area contributed by atoms with E-state index in [1.807, 2.05) is 0 Å². The van der Waals surface area contributed by atoms with E-state index in [0.717, 1.165) is 0 Å². The molecule has 0 amide bonds. The third kappa shape index (κ3) is 1.69. The topological polar surface area (TPSA) is 103 Å². The lowest BCUT2D eigenvalue weighted by Crippen LogP contribution is -2.45. The lowest BCUT2D eigenvalue weighted by atomic mass is 10.0. The maximum Gasteiger partial charge on any atom is 0.330 e. The van der Waals surface area contributed by atoms with E-state index >= 15 is 0 Å². The standard InChI is InChI=1S/C12H16N2O6/c1-6-3-14(11(17)13-9(6)16)10-7-8(18-2)12(4-15,20-10)5-19-7/h3,7-8,10,15H,4-5H2,1-2H3,(H,13,16,17)/t7?,8?,10-,12+/m1/s1. The monoisotopic (exact) mass is 284 g/mol. The Balaban J connectivity index is 2.04. The highest BCUT2D eigenvalue weighted by Crippen LogP contribution is 2.45. The second-order valence-corrected chi connectivity index (χ2v) is 5.14. The molecule has 0 radical (unpaired) electrons. The molecule has 0 aliphatic carbocycles. The van der Waals surface area contributed by atoms with Crippen molar-refractivity contribution in [1.82, 2.24) is 9.55 Å². The molecule has 3 heterocycles. The van der Waals surface area contributed by atoms with Crippen LogP contribution in [0.1, 0.15) is 11.8 Å². The Kier molecular flexibility index (Phi) is 3.05. The molecule has 8 nitrogen and oxygen atoms in total. The van der Waals surface area contributed by atoms with Gasteiger partial charge < -0.3 is 19.3 Å². The zero-order chi connectivity index (χ0) is 14.5. The molecule has 20 heavy (non-hydrogen) atoms. The maximum absolute atomic E-state index is 11.9. The molecule has 0 spiro atoms. The number of aliphatic hydroxyl groups is 1. The molecule has 0 aromatic carbocycles. The van der Waals surface area contributed by atoms with Gasteiger partial charge in [-0.2, -0.15) is 0 Å². The Labute approximate surface area is 113 Å². The van der Waals surface area contributed by atoms with Crippen LogP contribution >= 0.6 is 0 Å². The van der Waals surface area contributed by atoms with Crippen LogP contribution in [0.5, 0.6) is 0 Å². The summed E-state index contributed by atoms with van der Waals surface area (Å²) in [6.07, 6.45) is -0.274. The van der Waals surface area contributed by atoms with Crippen LogP contribution < -0.4 is 11.2 Å². The number of aliphatic hydroxyl groups excluding tert-OH is 1. The largest absolute Gasteiger partial charge is 0.393 e. The van der Waals surface area contributed by atoms with Gasteiger partial charge in [0.05, 0.1) is 13.2 Å². The van der Waals surface area contributed by atoms with Crippen molar-refractivity contribution in [3.05, 3.63) is 32.6 Å². The number of aromatic amines is 1. The Morgan fingerprint density at radius 1 is 1.60 bits per heavy atom. The van der Waals surface area contributed by atoms with Gasteiger partial charge in [0.25, 0.3) is 5.56 Å². The van der Waals surface area contributed by atoms with Gasteiger partial charge in [-0.3, -0.25) is 14.3 Å². The molecule has 1 aromatic rings. The van der Waals surface area contributed by atoms with E-state index in [0.29, 0.717) is 5.56 Å². The fraction of sp³-hybridized carbons (Fsp3) is 0.667. The minimum absolute atomic E-state index is 0.209. The molecular formula is C12H16N2O6. The number of rotatable bonds is 3. The average molecular weight is 284 g/mol. The van der Waals surface area contributed by atoms with Crippen molar-refractivity contribution in [2.45, 2.75) is 31.0 Å². The predicted molar refractivity (Wildman–Crippen MR) is 66.5 cm³/mol. The minimum atomic E-state index is -0.965. The number of aromatic nitrogens is 2. The molecular weight excluding hydrogens is 268 g/mol. The molecule has 2 unspecified atom stereocenters. The van der Waals surface area contributed by atoms with Gasteiger partial charge >= 0.3 is 5.69 Å². The lowest BCUT2D eigenvalue weighted by molar-refractivity contribution is -0.188. The first-order valence-corrected chi connectivity index (χ1v) is 6.27. The van der Waals surface area contributed by atoms with E-state index < -0.39 is 35.3 Å². The average Bonchev–Trinajstić information content (AvgIpc) is 2.95. The van der Waals surface area contributed by atoms with Gasteiger partial charge in [0, 0.05) is 18.9 Å². The quantitative estimate of drug-likeness (QED) is 0.701. The molecule has 2 fully saturated rings. The number of hydrogen-bond donors (Lipinski definition) is 2. The van der Waals surface area contributed by atoms with Crippen LogP contribution in [0.4, 0.5) is 0 Å². The van der Waals surface area contributed by atoms with Crippen molar-refractivity contribution in [2.75, 3.05) is 20.3 Å². The number of aryl methyl sites for hydroxylation is 1. The van der Waals surface area contributed by atoms with Crippen LogP contribution in [0.2, 0.25) is 0 Å². The van der Waals surface area contributed by atoms with E-state index in [9.17, 15) is 14.7 Å². The fourth-order valence-electron chi connectivity index (χ4n) is 2.86. The van der Waals surface area contributed by atoms with Crippen molar-refractivity contribution >= 4 is 0 Å². The van der Waals surface area contributed by atoms with E-state index in [1.54, 1.807) is 6.92 Å². The van der Waals surface area contributed by atoms with Crippen LogP contribution in [-0.2, 0) is 14.2 Å². The summed E-state index contributed by atoms with van der Waals surface area (Å²) in [6, 6.07) is 0. The van der Waals surface area contributed by atoms with Gasteiger partial charge in [-0.25, -0.2) is 4.79 Å². The first-order valence-electron chi connectivity index (χ1n) is 6.27. The third-order valence-electron chi connectivity index (χ3n) is 3.92. The number of nitrogens with zero attached hydrogens (tertiary/aromatic N) is 1. The summed E-state index contributed by atoms with van der Waals surface area (Å²) in [5, 5.41) is 9.55. The number of methoxy groups -OCH3 is 1. The zero-order valence-electron chi connectivity index (χ0n) is 11.2. The summed E-state index contributed by atoms with van der Waals surface area (Å²) in [7, 11) is 1.50. The molecule has 2 aliphatic heterocycles. The van der Waals surface area contributed by atoms with Gasteiger partial charge in [0.2, 0.25) is 0 Å². The molecule has 2 N–H and O–H groups in total. The summed E-state index contributed by atoms with van der Waals surface area (Å²) >= 11 is 0. The first-order chi connectivity index (χ1) is 9.52. The fourth-order valence-corrected chi connectivity index (χ4v) is 2.86. The van der Waals surface area contributed by atoms with Crippen molar-refractivity contribution in [2.24, 2.45) is 0 Å². The van der Waals surface area contributed by atoms with Gasteiger partial charge in [-0.05, 0) is 6.92 Å². The zero-order valence-corrected chi connectivity index (χ0v) is 11.2. The van der Waals surface area contributed by atoms with Crippen LogP contribution in [0.3, 0.4) is 0 Å². The molecule has 1 aromatic heterocycles. The van der Waals surface area contributed by atoms with Crippen LogP contribution in [-0.4, -0.2) is 52.8 Å². The van der Waals surface area contributed by atoms with E-state index in [-0.39, 0.29) is 13.2 Å². The Morgan fingerprint density at radius 2 is 2.35 bits per heavy atom. The molecule has 4 atom stereocenters. The SMILES string of the molecule is COC1C2OC[C@]1(CO)O[C@H]2n1cc(C)c(=O)[nH]c1=O. The highest BCUT2D eigenvalue weighted by atomic mass is 16.7. The summed E-state index contributed by atoms with van der Waals surface area (Å²) in [5.41, 5.74) is -1.59. The smallest absolute Gasteiger partial charge is 0.330 e. The second-order valence-electron chi connectivity index (χ2n) is 5.14. The predicted octanol–water partition coefficient (Wildman–Crippen LogP) is -1.48. The first kappa shape index (κ1) is 13.5. The van der Waals surface area contributed by atoms with Gasteiger partial charge in [-0.1, -0.05) is 0 Å². The third-order valence-corrected chi connectivity index (χ3v) is 3.92. The molecule has 110 valence electrons. The van der Waals surface area contributed by atoms with Crippen LogP contribution in [0, 0.1) is 6.92 Å². The highest BCUT2D eigenvalue weighted by molar-refractivity contribution is 5.10. The number of nitrogens with one attached hydrogen (secondary N) is 1. The number of hydrogen-bond acceptors (Lipinski definition) is 6. The van der Waals surface area contributed by atoms with Crippen molar-refractivity contribution in [1.29, 1.82) is 0 Å². The van der Waals surface area contributed by atoms with E-state index in [2.05, 4.69) is 4.98 Å². The van der Waals surface area contributed by atoms with Crippen LogP contribution in [0.25, 0.3) is 0 Å². The molecule has 8 heteroatoms. The normalized spacial score (nSPS) is 35.6. The number of ether oxygens (including phenoxy) is 3. The highest BCUT2D eigenvalue weighted by Gasteiger charge is 2.62. The van der Waals surface area contributed by atoms with Crippen molar-refractivity contribution in [3.63, 3.8) is 0 Å².